The predicted octanol–water partition coefficient (Wildman–Crippen LogP) is 3.81. The van der Waals surface area contributed by atoms with Crippen LogP contribution in [0.25, 0.3) is 0 Å². The third-order valence-electron chi connectivity index (χ3n) is 1.32. The highest BCUT2D eigenvalue weighted by Crippen LogP contribution is 2.31. The number of halogens is 3. The van der Waals surface area contributed by atoms with Crippen molar-refractivity contribution in [3.05, 3.63) is 40.1 Å². The highest BCUT2D eigenvalue weighted by atomic mass is 79.9. The van der Waals surface area contributed by atoms with Crippen molar-refractivity contribution < 1.29 is 9.13 Å². The molecule has 0 fully saturated rings. The third kappa shape index (κ3) is 2.71. The van der Waals surface area contributed by atoms with Crippen LogP contribution in [0.4, 0.5) is 4.39 Å². The molecular weight excluding hydrogens is 258 g/mol. The Balaban J connectivity index is 2.98. The molecule has 4 heteroatoms. The van der Waals surface area contributed by atoms with E-state index in [0.29, 0.717) is 17.4 Å². The van der Waals surface area contributed by atoms with Gasteiger partial charge < -0.3 is 4.74 Å². The summed E-state index contributed by atoms with van der Waals surface area (Å²) in [7, 11) is 0. The van der Waals surface area contributed by atoms with Gasteiger partial charge in [0.05, 0.1) is 4.47 Å². The molecule has 0 spiro atoms. The van der Waals surface area contributed by atoms with Crippen LogP contribution in [0.5, 0.6) is 5.75 Å². The summed E-state index contributed by atoms with van der Waals surface area (Å²) in [6.07, 6.45) is 1.57. The third-order valence-corrected chi connectivity index (χ3v) is 2.30. The van der Waals surface area contributed by atoms with Crippen molar-refractivity contribution in [2.75, 3.05) is 6.61 Å². The summed E-state index contributed by atoms with van der Waals surface area (Å²) in [5, 5.41) is 0.305. The first kappa shape index (κ1) is 10.5. The Morgan fingerprint density at radius 1 is 1.62 bits per heavy atom. The molecule has 0 aromatic heterocycles. The number of benzene rings is 1. The SMILES string of the molecule is C=CCOc1cc(Cl)cc(F)c1Br. The molecule has 0 unspecified atom stereocenters. The van der Waals surface area contributed by atoms with Crippen molar-refractivity contribution in [1.29, 1.82) is 0 Å². The van der Waals surface area contributed by atoms with Gasteiger partial charge in [-0.3, -0.25) is 0 Å². The first-order valence-electron chi connectivity index (χ1n) is 3.53. The zero-order chi connectivity index (χ0) is 9.84. The second-order valence-corrected chi connectivity index (χ2v) is 3.53. The molecule has 0 N–H and O–H groups in total. The molecule has 0 aliphatic heterocycles. The molecule has 0 saturated carbocycles. The minimum Gasteiger partial charge on any atom is -0.488 e. The van der Waals surface area contributed by atoms with Crippen molar-refractivity contribution in [2.45, 2.75) is 0 Å². The molecule has 1 aromatic rings. The molecule has 1 nitrogen and oxygen atoms in total. The van der Waals surface area contributed by atoms with Crippen LogP contribution in [0.15, 0.2) is 29.3 Å². The maximum absolute atomic E-state index is 13.0. The highest BCUT2D eigenvalue weighted by molar-refractivity contribution is 9.10. The van der Waals surface area contributed by atoms with E-state index >= 15 is 0 Å². The summed E-state index contributed by atoms with van der Waals surface area (Å²) < 4.78 is 18.5. The summed E-state index contributed by atoms with van der Waals surface area (Å²) in [5.74, 6) is -0.0588. The van der Waals surface area contributed by atoms with Crippen LogP contribution >= 0.6 is 27.5 Å². The molecule has 0 amide bonds. The molecule has 1 rings (SSSR count). The Bertz CT molecular complexity index is 328. The Morgan fingerprint density at radius 2 is 2.31 bits per heavy atom. The monoisotopic (exact) mass is 264 g/mol. The second-order valence-electron chi connectivity index (χ2n) is 2.30. The van der Waals surface area contributed by atoms with Gasteiger partial charge in [0.1, 0.15) is 18.2 Å². The van der Waals surface area contributed by atoms with Gasteiger partial charge in [0.25, 0.3) is 0 Å². The lowest BCUT2D eigenvalue weighted by molar-refractivity contribution is 0.358. The summed E-state index contributed by atoms with van der Waals surface area (Å²) >= 11 is 8.69. The molecule has 0 heterocycles. The van der Waals surface area contributed by atoms with Crippen molar-refractivity contribution in [1.82, 2.24) is 0 Å². The average Bonchev–Trinajstić information content (AvgIpc) is 2.09. The van der Waals surface area contributed by atoms with Gasteiger partial charge in [-0.15, -0.1) is 0 Å². The molecule has 0 radical (unpaired) electrons. The van der Waals surface area contributed by atoms with Gasteiger partial charge in [0, 0.05) is 11.1 Å². The Kier molecular flexibility index (Phi) is 3.75. The first-order chi connectivity index (χ1) is 6.15. The van der Waals surface area contributed by atoms with Gasteiger partial charge in [-0.25, -0.2) is 4.39 Å². The highest BCUT2D eigenvalue weighted by Gasteiger charge is 2.08. The van der Waals surface area contributed by atoms with Gasteiger partial charge >= 0.3 is 0 Å². The van der Waals surface area contributed by atoms with Crippen LogP contribution in [0.2, 0.25) is 5.02 Å². The van der Waals surface area contributed by atoms with E-state index in [1.807, 2.05) is 0 Å². The molecule has 0 aliphatic rings. The normalized spacial score (nSPS) is 9.77. The summed E-state index contributed by atoms with van der Waals surface area (Å²) in [5.41, 5.74) is 0. The van der Waals surface area contributed by atoms with Crippen LogP contribution < -0.4 is 4.74 Å². The molecule has 0 aliphatic carbocycles. The van der Waals surface area contributed by atoms with Crippen molar-refractivity contribution >= 4 is 27.5 Å². The maximum Gasteiger partial charge on any atom is 0.142 e. The largest absolute Gasteiger partial charge is 0.488 e. The smallest absolute Gasteiger partial charge is 0.142 e. The zero-order valence-corrected chi connectivity index (χ0v) is 9.03. The Hall–Kier alpha value is -0.540. The number of ether oxygens (including phenoxy) is 1. The van der Waals surface area contributed by atoms with E-state index in [4.69, 9.17) is 16.3 Å². The second kappa shape index (κ2) is 4.63. The van der Waals surface area contributed by atoms with E-state index in [1.165, 1.54) is 12.1 Å². The molecule has 0 bridgehead atoms. The van der Waals surface area contributed by atoms with Crippen LogP contribution in [0, 0.1) is 5.82 Å². The average molecular weight is 266 g/mol. The lowest BCUT2D eigenvalue weighted by atomic mass is 10.3. The summed E-state index contributed by atoms with van der Waals surface area (Å²) in [4.78, 5) is 0. The first-order valence-corrected chi connectivity index (χ1v) is 4.70. The molecular formula is C9H7BrClFO. The maximum atomic E-state index is 13.0. The fourth-order valence-corrected chi connectivity index (χ4v) is 1.32. The van der Waals surface area contributed by atoms with Crippen LogP contribution in [0.1, 0.15) is 0 Å². The van der Waals surface area contributed by atoms with E-state index in [-0.39, 0.29) is 4.47 Å². The molecule has 0 atom stereocenters. The van der Waals surface area contributed by atoms with Crippen molar-refractivity contribution in [2.24, 2.45) is 0 Å². The minimum atomic E-state index is -0.438. The number of rotatable bonds is 3. The minimum absolute atomic E-state index is 0.277. The topological polar surface area (TPSA) is 9.23 Å². The quantitative estimate of drug-likeness (QED) is 0.596. The fraction of sp³-hybridized carbons (Fsp3) is 0.111. The van der Waals surface area contributed by atoms with Crippen LogP contribution in [-0.4, -0.2) is 6.61 Å². The van der Waals surface area contributed by atoms with E-state index < -0.39 is 5.82 Å². The number of hydrogen-bond donors (Lipinski definition) is 0. The van der Waals surface area contributed by atoms with Gasteiger partial charge in [-0.05, 0) is 22.0 Å². The van der Waals surface area contributed by atoms with E-state index in [0.717, 1.165) is 0 Å². The molecule has 70 valence electrons. The van der Waals surface area contributed by atoms with E-state index in [1.54, 1.807) is 6.08 Å². The lowest BCUT2D eigenvalue weighted by Crippen LogP contribution is -1.95. The van der Waals surface area contributed by atoms with Gasteiger partial charge in [-0.2, -0.15) is 0 Å². The molecule has 13 heavy (non-hydrogen) atoms. The summed E-state index contributed by atoms with van der Waals surface area (Å²) in [6.45, 7) is 3.80. The summed E-state index contributed by atoms with van der Waals surface area (Å²) in [6, 6.07) is 2.75. The number of hydrogen-bond acceptors (Lipinski definition) is 1. The zero-order valence-electron chi connectivity index (χ0n) is 6.69. The van der Waals surface area contributed by atoms with E-state index in [9.17, 15) is 4.39 Å². The molecule has 1 aromatic carbocycles. The van der Waals surface area contributed by atoms with Gasteiger partial charge in [0.15, 0.2) is 0 Å². The molecule has 0 saturated heterocycles. The van der Waals surface area contributed by atoms with Crippen molar-refractivity contribution in [3.63, 3.8) is 0 Å². The standard InChI is InChI=1S/C9H7BrClFO/c1-2-3-13-8-5-6(11)4-7(12)9(8)10/h2,4-5H,1,3H2. The Labute approximate surface area is 89.3 Å². The fourth-order valence-electron chi connectivity index (χ4n) is 0.786. The predicted molar refractivity (Wildman–Crippen MR) is 54.8 cm³/mol. The van der Waals surface area contributed by atoms with Gasteiger partial charge in [0.2, 0.25) is 0 Å². The van der Waals surface area contributed by atoms with E-state index in [2.05, 4.69) is 22.5 Å². The lowest BCUT2D eigenvalue weighted by Gasteiger charge is -2.06. The van der Waals surface area contributed by atoms with Crippen molar-refractivity contribution in [3.8, 4) is 5.75 Å². The Morgan fingerprint density at radius 3 is 2.92 bits per heavy atom. The van der Waals surface area contributed by atoms with Gasteiger partial charge in [-0.1, -0.05) is 24.3 Å². The van der Waals surface area contributed by atoms with Crippen LogP contribution in [0.3, 0.4) is 0 Å². The van der Waals surface area contributed by atoms with Crippen LogP contribution in [-0.2, 0) is 0 Å².